The Morgan fingerprint density at radius 3 is 2.39 bits per heavy atom. The third-order valence-electron chi connectivity index (χ3n) is 5.39. The van der Waals surface area contributed by atoms with Gasteiger partial charge in [0.15, 0.2) is 5.96 Å². The van der Waals surface area contributed by atoms with E-state index in [1.807, 2.05) is 24.3 Å². The molecule has 1 aliphatic heterocycles. The van der Waals surface area contributed by atoms with Crippen molar-refractivity contribution in [1.82, 2.24) is 10.6 Å². The molecule has 2 aromatic carbocycles. The van der Waals surface area contributed by atoms with Crippen molar-refractivity contribution >= 4 is 11.6 Å². The Bertz CT molecular complexity index is 943. The molecule has 7 nitrogen and oxygen atoms in total. The van der Waals surface area contributed by atoms with Gasteiger partial charge in [-0.1, -0.05) is 6.07 Å². The topological polar surface area (TPSA) is 81.9 Å². The molecule has 164 valence electrons. The molecule has 0 spiro atoms. The van der Waals surface area contributed by atoms with Crippen LogP contribution in [0.3, 0.4) is 0 Å². The van der Waals surface area contributed by atoms with E-state index in [4.69, 9.17) is 14.7 Å². The van der Waals surface area contributed by atoms with E-state index < -0.39 is 5.82 Å². The van der Waals surface area contributed by atoms with Crippen LogP contribution in [0.5, 0.6) is 11.5 Å². The summed E-state index contributed by atoms with van der Waals surface area (Å²) in [4.78, 5) is 6.57. The zero-order valence-electron chi connectivity index (χ0n) is 18.1. The predicted molar refractivity (Wildman–Crippen MR) is 119 cm³/mol. The second-order valence-electron chi connectivity index (χ2n) is 7.32. The summed E-state index contributed by atoms with van der Waals surface area (Å²) in [6.07, 6.45) is 1.87. The average Bonchev–Trinajstić information content (AvgIpc) is 2.82. The van der Waals surface area contributed by atoms with Gasteiger partial charge in [0.05, 0.1) is 25.9 Å². The Hall–Kier alpha value is -3.47. The lowest BCUT2D eigenvalue weighted by Crippen LogP contribution is -2.48. The molecule has 1 saturated heterocycles. The third kappa shape index (κ3) is 5.79. The normalized spacial score (nSPS) is 14.7. The fourth-order valence-electron chi connectivity index (χ4n) is 3.58. The molecule has 0 aromatic heterocycles. The van der Waals surface area contributed by atoms with E-state index in [2.05, 4.69) is 20.5 Å². The summed E-state index contributed by atoms with van der Waals surface area (Å²) in [7, 11) is 5.00. The molecule has 2 N–H and O–H groups in total. The summed E-state index contributed by atoms with van der Waals surface area (Å²) < 4.78 is 24.8. The molecule has 0 amide bonds. The van der Waals surface area contributed by atoms with Crippen molar-refractivity contribution in [2.45, 2.75) is 25.4 Å². The van der Waals surface area contributed by atoms with Crippen LogP contribution >= 0.6 is 0 Å². The van der Waals surface area contributed by atoms with Crippen LogP contribution in [0.25, 0.3) is 0 Å². The van der Waals surface area contributed by atoms with Gasteiger partial charge in [0.25, 0.3) is 0 Å². The highest BCUT2D eigenvalue weighted by Gasteiger charge is 2.21. The number of aliphatic imine (C=N–C) groups is 1. The maximum atomic E-state index is 14.1. The second-order valence-corrected chi connectivity index (χ2v) is 7.32. The first-order chi connectivity index (χ1) is 15.1. The quantitative estimate of drug-likeness (QED) is 0.547. The number of rotatable bonds is 6. The molecule has 0 aliphatic carbocycles. The van der Waals surface area contributed by atoms with Crippen LogP contribution in [-0.4, -0.2) is 46.4 Å². The number of nitrogens with zero attached hydrogens (tertiary/aromatic N) is 3. The Morgan fingerprint density at radius 1 is 1.16 bits per heavy atom. The first-order valence-electron chi connectivity index (χ1n) is 10.2. The molecule has 2 aromatic rings. The molecule has 1 heterocycles. The van der Waals surface area contributed by atoms with Crippen molar-refractivity contribution in [3.05, 3.63) is 53.3 Å². The van der Waals surface area contributed by atoms with Gasteiger partial charge in [-0.15, -0.1) is 0 Å². The minimum absolute atomic E-state index is 0.265. The molecule has 0 atom stereocenters. The monoisotopic (exact) mass is 425 g/mol. The number of piperidine rings is 1. The molecule has 31 heavy (non-hydrogen) atoms. The molecule has 0 bridgehead atoms. The lowest BCUT2D eigenvalue weighted by atomic mass is 10.0. The van der Waals surface area contributed by atoms with E-state index in [1.54, 1.807) is 33.4 Å². The highest BCUT2D eigenvalue weighted by Crippen LogP contribution is 2.30. The van der Waals surface area contributed by atoms with E-state index in [-0.39, 0.29) is 6.04 Å². The number of anilines is 1. The first-order valence-corrected chi connectivity index (χ1v) is 10.2. The number of methoxy groups -OCH3 is 2. The molecular weight excluding hydrogens is 397 g/mol. The van der Waals surface area contributed by atoms with Crippen molar-refractivity contribution in [3.63, 3.8) is 0 Å². The van der Waals surface area contributed by atoms with Gasteiger partial charge >= 0.3 is 0 Å². The number of nitrogens with one attached hydrogen (secondary N) is 2. The average molecular weight is 426 g/mol. The van der Waals surface area contributed by atoms with Gasteiger partial charge < -0.3 is 25.0 Å². The van der Waals surface area contributed by atoms with Crippen molar-refractivity contribution in [3.8, 4) is 17.6 Å². The van der Waals surface area contributed by atoms with Crippen LogP contribution in [0.2, 0.25) is 0 Å². The van der Waals surface area contributed by atoms with E-state index in [0.717, 1.165) is 43.1 Å². The van der Waals surface area contributed by atoms with Gasteiger partial charge in [0.2, 0.25) is 0 Å². The fourth-order valence-corrected chi connectivity index (χ4v) is 3.58. The number of nitriles is 1. The summed E-state index contributed by atoms with van der Waals surface area (Å²) in [5, 5.41) is 15.4. The van der Waals surface area contributed by atoms with Gasteiger partial charge in [0, 0.05) is 62.2 Å². The Labute approximate surface area is 182 Å². The molecule has 1 fully saturated rings. The summed E-state index contributed by atoms with van der Waals surface area (Å²) >= 11 is 0. The van der Waals surface area contributed by atoms with Crippen LogP contribution in [0.15, 0.2) is 41.4 Å². The Morgan fingerprint density at radius 2 is 1.84 bits per heavy atom. The van der Waals surface area contributed by atoms with Crippen LogP contribution in [-0.2, 0) is 6.54 Å². The highest BCUT2D eigenvalue weighted by molar-refractivity contribution is 5.80. The van der Waals surface area contributed by atoms with Crippen LogP contribution < -0.4 is 25.0 Å². The largest absolute Gasteiger partial charge is 0.497 e. The SMILES string of the molecule is CN=C(NCc1ccc(C#N)cc1F)NC1CCN(c2cc(OC)cc(OC)c2)CC1. The maximum Gasteiger partial charge on any atom is 0.191 e. The van der Waals surface area contributed by atoms with Crippen molar-refractivity contribution in [1.29, 1.82) is 5.26 Å². The molecule has 3 rings (SSSR count). The van der Waals surface area contributed by atoms with E-state index >= 15 is 0 Å². The number of halogens is 1. The lowest BCUT2D eigenvalue weighted by Gasteiger charge is -2.34. The molecule has 0 saturated carbocycles. The lowest BCUT2D eigenvalue weighted by molar-refractivity contribution is 0.393. The minimum Gasteiger partial charge on any atom is -0.497 e. The van der Waals surface area contributed by atoms with Gasteiger partial charge in [-0.25, -0.2) is 4.39 Å². The van der Waals surface area contributed by atoms with Crippen LogP contribution in [0, 0.1) is 17.1 Å². The highest BCUT2D eigenvalue weighted by atomic mass is 19.1. The zero-order valence-corrected chi connectivity index (χ0v) is 18.1. The van der Waals surface area contributed by atoms with E-state index in [9.17, 15) is 4.39 Å². The summed E-state index contributed by atoms with van der Waals surface area (Å²) in [5.41, 5.74) is 1.88. The number of ether oxygens (including phenoxy) is 2. The van der Waals surface area contributed by atoms with Crippen molar-refractivity contribution < 1.29 is 13.9 Å². The van der Waals surface area contributed by atoms with Gasteiger partial charge in [-0.05, 0) is 25.0 Å². The summed E-state index contributed by atoms with van der Waals surface area (Å²) in [6.45, 7) is 2.06. The first kappa shape index (κ1) is 22.2. The molecule has 1 aliphatic rings. The minimum atomic E-state index is -0.399. The van der Waals surface area contributed by atoms with Gasteiger partial charge in [-0.3, -0.25) is 4.99 Å². The number of guanidine groups is 1. The number of benzene rings is 2. The van der Waals surface area contributed by atoms with Gasteiger partial charge in [0.1, 0.15) is 17.3 Å². The molecule has 8 heteroatoms. The van der Waals surface area contributed by atoms with Crippen molar-refractivity contribution in [2.75, 3.05) is 39.3 Å². The van der Waals surface area contributed by atoms with Gasteiger partial charge in [-0.2, -0.15) is 5.26 Å². The standard InChI is InChI=1S/C23H28FN5O2/c1-26-23(27-15-17-5-4-16(14-25)10-22(17)24)28-18-6-8-29(9-7-18)19-11-20(30-2)13-21(12-19)31-3/h4-5,10-13,18H,6-9,15H2,1-3H3,(H2,26,27,28). The van der Waals surface area contributed by atoms with E-state index in [0.29, 0.717) is 23.6 Å². The Kier molecular flexibility index (Phi) is 7.55. The number of hydrogen-bond donors (Lipinski definition) is 2. The Balaban J connectivity index is 1.53. The molecular formula is C23H28FN5O2. The van der Waals surface area contributed by atoms with Crippen molar-refractivity contribution in [2.24, 2.45) is 4.99 Å². The fraction of sp³-hybridized carbons (Fsp3) is 0.391. The zero-order chi connectivity index (χ0) is 22.2. The molecule has 0 unspecified atom stereocenters. The third-order valence-corrected chi connectivity index (χ3v) is 5.39. The summed E-state index contributed by atoms with van der Waals surface area (Å²) in [6, 6.07) is 12.6. The summed E-state index contributed by atoms with van der Waals surface area (Å²) in [5.74, 6) is 1.78. The maximum absolute atomic E-state index is 14.1. The predicted octanol–water partition coefficient (Wildman–Crippen LogP) is 3.05. The molecule has 0 radical (unpaired) electrons. The smallest absolute Gasteiger partial charge is 0.191 e. The van der Waals surface area contributed by atoms with Crippen LogP contribution in [0.4, 0.5) is 10.1 Å². The van der Waals surface area contributed by atoms with E-state index in [1.165, 1.54) is 6.07 Å². The van der Waals surface area contributed by atoms with Crippen LogP contribution in [0.1, 0.15) is 24.0 Å². The number of hydrogen-bond acceptors (Lipinski definition) is 5. The second kappa shape index (κ2) is 10.5.